The van der Waals surface area contributed by atoms with Crippen LogP contribution in [0.1, 0.15) is 56.6 Å². The molecule has 0 amide bonds. The van der Waals surface area contributed by atoms with Crippen molar-refractivity contribution in [3.63, 3.8) is 0 Å². The number of benzene rings is 2. The number of fused-ring (bicyclic) bond motifs is 3. The standard InChI is InChI=1S/C25H23N2/c1-15-10-11-21-20(12-15)19-9-5-8-18-13-26-14-22(27(21)25(26)24(18)19)23-16(2)6-4-7-17(23)3/h4-7,9-12,14,18H,8,13H2,1-3H3/q+1/i2D3,4D,5D,6D,7D,8D,9D,10D,12D,14D. The lowest BCUT2D eigenvalue weighted by atomic mass is 9.87. The van der Waals surface area contributed by atoms with Crippen LogP contribution in [0.25, 0.3) is 33.9 Å². The van der Waals surface area contributed by atoms with E-state index in [9.17, 15) is 1.37 Å². The minimum Gasteiger partial charge on any atom is -0.228 e. The number of nitrogens with zero attached hydrogens (tertiary/aromatic N) is 2. The Kier molecular flexibility index (Phi) is 1.44. The van der Waals surface area contributed by atoms with Crippen LogP contribution in [0.2, 0.25) is 0 Å². The van der Waals surface area contributed by atoms with Gasteiger partial charge >= 0.3 is 0 Å². The lowest BCUT2D eigenvalue weighted by Crippen LogP contribution is -2.26. The SMILES string of the molecule is [2H]C1=C([2H])C([2H])C2Cn3c([2H])c(-c4c(C)c([2H])c([2H])c([2H])c4C([2H])([2H])[2H])[n+]4c5cc([2H])c(C)c([2H])c5c1c2c34. The van der Waals surface area contributed by atoms with Gasteiger partial charge in [-0.05, 0) is 55.9 Å². The molecule has 2 atom stereocenters. The highest BCUT2D eigenvalue weighted by Gasteiger charge is 2.38. The number of allylic oxidation sites excluding steroid dienone is 1. The molecule has 0 bridgehead atoms. The fraction of sp³-hybridized carbons (Fsp3) is 0.240. The zero-order chi connectivity index (χ0) is 28.6. The first kappa shape index (κ1) is 7.63. The molecule has 4 aromatic rings. The Hall–Kier alpha value is -2.87. The second kappa shape index (κ2) is 5.10. The van der Waals surface area contributed by atoms with Gasteiger partial charge in [0.15, 0.2) is 5.69 Å². The Morgan fingerprint density at radius 2 is 2.15 bits per heavy atom. The first-order valence-electron chi connectivity index (χ1n) is 14.9. The fourth-order valence-electron chi connectivity index (χ4n) is 4.32. The Morgan fingerprint density at radius 1 is 1.26 bits per heavy atom. The summed E-state index contributed by atoms with van der Waals surface area (Å²) in [6.45, 7) is 0.360. The monoisotopic (exact) mass is 363 g/mol. The van der Waals surface area contributed by atoms with Crippen molar-refractivity contribution in [2.24, 2.45) is 0 Å². The van der Waals surface area contributed by atoms with Crippen LogP contribution in [0.5, 0.6) is 0 Å². The maximum Gasteiger partial charge on any atom is 0.291 e. The lowest BCUT2D eigenvalue weighted by Gasteiger charge is -2.17. The zero-order valence-corrected chi connectivity index (χ0v) is 14.8. The summed E-state index contributed by atoms with van der Waals surface area (Å²) < 4.78 is 105. The van der Waals surface area contributed by atoms with Gasteiger partial charge < -0.3 is 0 Å². The highest BCUT2D eigenvalue weighted by atomic mass is 15.1. The first-order chi connectivity index (χ1) is 18.1. The topological polar surface area (TPSA) is 9.03 Å². The van der Waals surface area contributed by atoms with Crippen LogP contribution in [0, 0.1) is 20.7 Å². The van der Waals surface area contributed by atoms with Gasteiger partial charge in [0.2, 0.25) is 0 Å². The third kappa shape index (κ3) is 1.88. The Morgan fingerprint density at radius 3 is 3.04 bits per heavy atom. The third-order valence-electron chi connectivity index (χ3n) is 5.46. The number of hydrogen-bond donors (Lipinski definition) is 0. The molecule has 2 nitrogen and oxygen atoms in total. The lowest BCUT2D eigenvalue weighted by molar-refractivity contribution is -0.468. The van der Waals surface area contributed by atoms with Gasteiger partial charge in [0.05, 0.1) is 21.7 Å². The molecule has 0 saturated carbocycles. The van der Waals surface area contributed by atoms with Crippen molar-refractivity contribution in [3.8, 4) is 11.3 Å². The predicted molar refractivity (Wildman–Crippen MR) is 111 cm³/mol. The number of aromatic nitrogens is 2. The second-order valence-electron chi connectivity index (χ2n) is 7.11. The highest BCUT2D eigenvalue weighted by molar-refractivity contribution is 5.92. The second-order valence-corrected chi connectivity index (χ2v) is 7.11. The quantitative estimate of drug-likeness (QED) is 0.396. The van der Waals surface area contributed by atoms with Crippen molar-refractivity contribution in [3.05, 3.63) is 76.3 Å². The minimum atomic E-state index is -2.85. The van der Waals surface area contributed by atoms with Crippen molar-refractivity contribution < 1.29 is 20.8 Å². The van der Waals surface area contributed by atoms with Gasteiger partial charge in [-0.2, -0.15) is 4.40 Å². The summed E-state index contributed by atoms with van der Waals surface area (Å²) >= 11 is 0. The zero-order valence-electron chi connectivity index (χ0n) is 26.8. The van der Waals surface area contributed by atoms with E-state index in [0.717, 1.165) is 0 Å². The molecule has 2 aromatic carbocycles. The summed E-state index contributed by atoms with van der Waals surface area (Å²) in [5.41, 5.74) is 1.52. The van der Waals surface area contributed by atoms with Crippen molar-refractivity contribution in [1.29, 1.82) is 0 Å². The summed E-state index contributed by atoms with van der Waals surface area (Å²) in [6.07, 6.45) is -1.21. The molecule has 3 heterocycles. The van der Waals surface area contributed by atoms with Crippen LogP contribution in [0.4, 0.5) is 0 Å². The fourth-order valence-corrected chi connectivity index (χ4v) is 4.32. The van der Waals surface area contributed by atoms with E-state index >= 15 is 0 Å². The average molecular weight is 364 g/mol. The molecule has 6 rings (SSSR count). The molecule has 132 valence electrons. The Balaban J connectivity index is 1.95. The molecule has 2 aliphatic rings. The van der Waals surface area contributed by atoms with E-state index in [1.807, 2.05) is 0 Å². The number of hydrogen-bond acceptors (Lipinski definition) is 0. The van der Waals surface area contributed by atoms with E-state index in [1.165, 1.54) is 13.0 Å². The molecule has 2 heteroatoms. The van der Waals surface area contributed by atoms with Crippen LogP contribution in [0.15, 0.2) is 48.5 Å². The summed E-state index contributed by atoms with van der Waals surface area (Å²) in [6, 6.07) is -0.396. The van der Waals surface area contributed by atoms with E-state index in [2.05, 4.69) is 0 Å². The van der Waals surface area contributed by atoms with Crippen molar-refractivity contribution in [2.45, 2.75) is 39.6 Å². The maximum atomic E-state index is 9.21. The first-order valence-corrected chi connectivity index (χ1v) is 8.83. The van der Waals surface area contributed by atoms with E-state index in [0.29, 0.717) is 22.3 Å². The normalized spacial score (nSPS) is 27.6. The summed E-state index contributed by atoms with van der Waals surface area (Å²) in [4.78, 5) is 0. The molecule has 0 N–H and O–H groups in total. The molecular weight excluding hydrogens is 328 g/mol. The van der Waals surface area contributed by atoms with E-state index in [1.54, 1.807) is 15.9 Å². The number of rotatable bonds is 1. The molecule has 1 aliphatic heterocycles. The van der Waals surface area contributed by atoms with Crippen LogP contribution in [-0.2, 0) is 6.54 Å². The molecule has 2 unspecified atom stereocenters. The molecule has 0 spiro atoms. The van der Waals surface area contributed by atoms with E-state index < -0.39 is 36.8 Å². The van der Waals surface area contributed by atoms with Gasteiger partial charge in [-0.25, -0.2) is 4.57 Å². The molecule has 0 saturated heterocycles. The van der Waals surface area contributed by atoms with Crippen LogP contribution in [0.3, 0.4) is 0 Å². The van der Waals surface area contributed by atoms with Gasteiger partial charge in [0, 0.05) is 22.4 Å². The van der Waals surface area contributed by atoms with Crippen molar-refractivity contribution in [1.82, 2.24) is 4.57 Å². The van der Waals surface area contributed by atoms with Gasteiger partial charge in [-0.15, -0.1) is 0 Å². The summed E-state index contributed by atoms with van der Waals surface area (Å²) in [5, 5.41) is 0.269. The van der Waals surface area contributed by atoms with Crippen molar-refractivity contribution >= 4 is 22.6 Å². The molecule has 1 aliphatic carbocycles. The van der Waals surface area contributed by atoms with Gasteiger partial charge in [0.1, 0.15) is 13.1 Å². The van der Waals surface area contributed by atoms with Gasteiger partial charge in [0.25, 0.3) is 5.65 Å². The maximum absolute atomic E-state index is 9.21. The van der Waals surface area contributed by atoms with Crippen LogP contribution >= 0.6 is 0 Å². The van der Waals surface area contributed by atoms with Gasteiger partial charge in [-0.1, -0.05) is 41.8 Å². The molecule has 2 aromatic heterocycles. The van der Waals surface area contributed by atoms with Crippen LogP contribution in [-0.4, -0.2) is 4.57 Å². The minimum absolute atomic E-state index is 0.0229. The highest BCUT2D eigenvalue weighted by Crippen LogP contribution is 2.43. The Labute approximate surface area is 176 Å². The Bertz CT molecular complexity index is 1850. The third-order valence-corrected chi connectivity index (χ3v) is 5.46. The van der Waals surface area contributed by atoms with E-state index in [4.69, 9.17) is 15.1 Å². The average Bonchev–Trinajstić information content (AvgIpc) is 3.39. The summed E-state index contributed by atoms with van der Waals surface area (Å²) in [7, 11) is 0. The summed E-state index contributed by atoms with van der Waals surface area (Å²) in [5.74, 6) is -0.568. The molecular formula is C25H23N2+. The number of imidazole rings is 1. The van der Waals surface area contributed by atoms with Crippen molar-refractivity contribution in [2.75, 3.05) is 0 Å². The molecule has 0 fully saturated rings. The largest absolute Gasteiger partial charge is 0.291 e. The van der Waals surface area contributed by atoms with E-state index in [-0.39, 0.29) is 70.7 Å². The smallest absolute Gasteiger partial charge is 0.228 e. The van der Waals surface area contributed by atoms with Crippen LogP contribution < -0.4 is 4.40 Å². The van der Waals surface area contributed by atoms with Gasteiger partial charge in [-0.3, -0.25) is 0 Å². The predicted octanol–water partition coefficient (Wildman–Crippen LogP) is 5.49. The number of pyridine rings is 1. The molecule has 27 heavy (non-hydrogen) atoms. The molecule has 0 radical (unpaired) electrons.